The smallest absolute Gasteiger partial charge is 0.293 e. The number of aliphatic hydroxyl groups is 1. The number of carbonyl (C=O) groups is 2. The molecule has 0 aromatic rings. The van der Waals surface area contributed by atoms with Crippen molar-refractivity contribution < 1.29 is 19.4 Å². The number of hydrogen-bond acceptors (Lipinski definition) is 5. The summed E-state index contributed by atoms with van der Waals surface area (Å²) in [5.74, 6) is 1.89. The SMILES string of the molecule is CCC(N)C(=O)C1(O)C(OC=O)C[C@@H](C)[C@H]2C[C@@H]3CC[C@@H](C)[C@H](CC[C@@]21C)C3(C)C. The lowest BCUT2D eigenvalue weighted by atomic mass is 9.44. The Kier molecular flexibility index (Phi) is 6.48. The Morgan fingerprint density at radius 1 is 1.13 bits per heavy atom. The van der Waals surface area contributed by atoms with Crippen LogP contribution in [0.2, 0.25) is 0 Å². The lowest BCUT2D eigenvalue weighted by Gasteiger charge is -2.62. The van der Waals surface area contributed by atoms with Crippen LogP contribution in [0.1, 0.15) is 86.5 Å². The van der Waals surface area contributed by atoms with E-state index in [1.54, 1.807) is 0 Å². The van der Waals surface area contributed by atoms with E-state index in [9.17, 15) is 14.7 Å². The molecule has 30 heavy (non-hydrogen) atoms. The standard InChI is InChI=1S/C25H43NO4/c1-7-20(26)22(28)25(29)21(30-14-27)12-16(3)19-13-17-9-8-15(2)18(23(17,4)5)10-11-24(19,25)6/h14-21,29H,7-13,26H2,1-6H3/t15-,16-,17+,18+,19-,20?,21?,24+,25?/m1/s1. The van der Waals surface area contributed by atoms with E-state index >= 15 is 0 Å². The molecule has 9 atom stereocenters. The van der Waals surface area contributed by atoms with Gasteiger partial charge in [0.15, 0.2) is 11.4 Å². The number of carbonyl (C=O) groups excluding carboxylic acids is 2. The summed E-state index contributed by atoms with van der Waals surface area (Å²) in [4.78, 5) is 24.9. The van der Waals surface area contributed by atoms with E-state index in [1.807, 2.05) is 6.92 Å². The highest BCUT2D eigenvalue weighted by atomic mass is 16.5. The third-order valence-electron chi connectivity index (χ3n) is 9.98. The largest absolute Gasteiger partial charge is 0.461 e. The molecule has 3 N–H and O–H groups in total. The first-order valence-electron chi connectivity index (χ1n) is 12.1. The topological polar surface area (TPSA) is 89.6 Å². The monoisotopic (exact) mass is 421 g/mol. The molecule has 0 amide bonds. The van der Waals surface area contributed by atoms with Gasteiger partial charge in [-0.1, -0.05) is 48.0 Å². The zero-order valence-electron chi connectivity index (χ0n) is 19.8. The molecule has 0 heterocycles. The first-order valence-corrected chi connectivity index (χ1v) is 12.1. The van der Waals surface area contributed by atoms with E-state index in [0.717, 1.165) is 19.3 Å². The summed E-state index contributed by atoms with van der Waals surface area (Å²) in [5, 5.41) is 12.2. The predicted molar refractivity (Wildman–Crippen MR) is 118 cm³/mol. The molecule has 3 rings (SSSR count). The van der Waals surface area contributed by atoms with Crippen molar-refractivity contribution in [1.29, 1.82) is 0 Å². The van der Waals surface area contributed by atoms with Gasteiger partial charge in [-0.3, -0.25) is 9.59 Å². The first kappa shape index (κ1) is 23.7. The molecule has 0 radical (unpaired) electrons. The zero-order valence-corrected chi connectivity index (χ0v) is 19.8. The van der Waals surface area contributed by atoms with Crippen LogP contribution in [0.5, 0.6) is 0 Å². The molecule has 0 spiro atoms. The van der Waals surface area contributed by atoms with E-state index in [2.05, 4.69) is 34.6 Å². The zero-order chi connectivity index (χ0) is 22.5. The predicted octanol–water partition coefficient (Wildman–Crippen LogP) is 4.10. The van der Waals surface area contributed by atoms with E-state index in [-0.39, 0.29) is 23.0 Å². The van der Waals surface area contributed by atoms with Crippen molar-refractivity contribution in [1.82, 2.24) is 0 Å². The van der Waals surface area contributed by atoms with E-state index in [0.29, 0.717) is 37.1 Å². The van der Waals surface area contributed by atoms with Gasteiger partial charge in [-0.05, 0) is 73.5 Å². The molecule has 3 aliphatic carbocycles. The summed E-state index contributed by atoms with van der Waals surface area (Å²) in [6.45, 7) is 13.7. The average Bonchev–Trinajstić information content (AvgIpc) is 2.68. The van der Waals surface area contributed by atoms with Crippen LogP contribution in [0, 0.1) is 40.4 Å². The van der Waals surface area contributed by atoms with Crippen LogP contribution < -0.4 is 5.73 Å². The maximum Gasteiger partial charge on any atom is 0.293 e. The second kappa shape index (κ2) is 8.20. The van der Waals surface area contributed by atoms with E-state index in [4.69, 9.17) is 10.5 Å². The number of nitrogens with two attached hydrogens (primary N) is 1. The summed E-state index contributed by atoms with van der Waals surface area (Å²) < 4.78 is 5.42. The minimum atomic E-state index is -1.74. The summed E-state index contributed by atoms with van der Waals surface area (Å²) >= 11 is 0. The van der Waals surface area contributed by atoms with Crippen LogP contribution in [0.3, 0.4) is 0 Å². The molecule has 2 bridgehead atoms. The average molecular weight is 422 g/mol. The van der Waals surface area contributed by atoms with Crippen LogP contribution in [-0.2, 0) is 14.3 Å². The fraction of sp³-hybridized carbons (Fsp3) is 0.920. The quantitative estimate of drug-likeness (QED) is 0.652. The van der Waals surface area contributed by atoms with Crippen LogP contribution in [0.25, 0.3) is 0 Å². The van der Waals surface area contributed by atoms with Crippen molar-refractivity contribution >= 4 is 12.3 Å². The van der Waals surface area contributed by atoms with Crippen LogP contribution in [-0.4, -0.2) is 35.1 Å². The number of Topliss-reactive ketones (excluding diaryl/α,β-unsaturated/α-hetero) is 1. The van der Waals surface area contributed by atoms with Gasteiger partial charge in [-0.2, -0.15) is 0 Å². The second-order valence-corrected chi connectivity index (χ2v) is 11.6. The van der Waals surface area contributed by atoms with Gasteiger partial charge >= 0.3 is 0 Å². The van der Waals surface area contributed by atoms with Crippen molar-refractivity contribution in [2.75, 3.05) is 0 Å². The summed E-state index contributed by atoms with van der Waals surface area (Å²) in [6, 6.07) is -0.751. The highest BCUT2D eigenvalue weighted by Crippen LogP contribution is 2.63. The Morgan fingerprint density at radius 2 is 1.80 bits per heavy atom. The highest BCUT2D eigenvalue weighted by Gasteiger charge is 2.67. The minimum absolute atomic E-state index is 0.195. The van der Waals surface area contributed by atoms with E-state index in [1.165, 1.54) is 12.8 Å². The molecular weight excluding hydrogens is 378 g/mol. The van der Waals surface area contributed by atoms with Crippen molar-refractivity contribution in [3.63, 3.8) is 0 Å². The molecule has 0 saturated heterocycles. The molecule has 5 heteroatoms. The van der Waals surface area contributed by atoms with Gasteiger partial charge in [-0.25, -0.2) is 0 Å². The van der Waals surface area contributed by atoms with Crippen LogP contribution in [0.15, 0.2) is 0 Å². The van der Waals surface area contributed by atoms with Crippen molar-refractivity contribution in [3.8, 4) is 0 Å². The normalized spacial score (nSPS) is 46.7. The van der Waals surface area contributed by atoms with Crippen molar-refractivity contribution in [2.45, 2.75) is 104 Å². The van der Waals surface area contributed by atoms with Gasteiger partial charge in [0.05, 0.1) is 6.04 Å². The van der Waals surface area contributed by atoms with Gasteiger partial charge < -0.3 is 15.6 Å². The number of ether oxygens (including phenoxy) is 1. The summed E-state index contributed by atoms with van der Waals surface area (Å²) in [7, 11) is 0. The second-order valence-electron chi connectivity index (χ2n) is 11.6. The van der Waals surface area contributed by atoms with Crippen LogP contribution >= 0.6 is 0 Å². The molecule has 3 unspecified atom stereocenters. The molecule has 172 valence electrons. The third-order valence-corrected chi connectivity index (χ3v) is 9.98. The number of hydrogen-bond donors (Lipinski definition) is 2. The van der Waals surface area contributed by atoms with Gasteiger partial charge in [-0.15, -0.1) is 0 Å². The molecule has 0 aliphatic heterocycles. The molecule has 3 fully saturated rings. The van der Waals surface area contributed by atoms with Crippen molar-refractivity contribution in [3.05, 3.63) is 0 Å². The molecule has 5 nitrogen and oxygen atoms in total. The molecule has 3 saturated carbocycles. The van der Waals surface area contributed by atoms with Crippen LogP contribution in [0.4, 0.5) is 0 Å². The third kappa shape index (κ3) is 3.35. The molecule has 3 aliphatic rings. The minimum Gasteiger partial charge on any atom is -0.461 e. The molecule has 0 aromatic carbocycles. The summed E-state index contributed by atoms with van der Waals surface area (Å²) in [5.41, 5.74) is 4.04. The maximum atomic E-state index is 13.6. The Balaban J connectivity index is 2.11. The number of rotatable bonds is 5. The molecule has 0 aromatic heterocycles. The Labute approximate surface area is 182 Å². The Hall–Kier alpha value is -0.940. The van der Waals surface area contributed by atoms with E-state index < -0.39 is 23.2 Å². The van der Waals surface area contributed by atoms with Crippen molar-refractivity contribution in [2.24, 2.45) is 46.2 Å². The van der Waals surface area contributed by atoms with Gasteiger partial charge in [0.1, 0.15) is 6.10 Å². The summed E-state index contributed by atoms with van der Waals surface area (Å²) in [6.07, 6.45) is 5.35. The maximum absolute atomic E-state index is 13.6. The first-order chi connectivity index (χ1) is 13.9. The fourth-order valence-corrected chi connectivity index (χ4v) is 7.86. The fourth-order valence-electron chi connectivity index (χ4n) is 7.86. The van der Waals surface area contributed by atoms with Gasteiger partial charge in [0.25, 0.3) is 6.47 Å². The Morgan fingerprint density at radius 3 is 2.40 bits per heavy atom. The number of ketones is 1. The van der Waals surface area contributed by atoms with Gasteiger partial charge in [0, 0.05) is 5.41 Å². The Bertz CT molecular complexity index is 664. The number of fused-ring (bicyclic) bond motifs is 3. The lowest BCUT2D eigenvalue weighted by Crippen LogP contribution is -2.71. The van der Waals surface area contributed by atoms with Gasteiger partial charge in [0.2, 0.25) is 0 Å². The lowest BCUT2D eigenvalue weighted by molar-refractivity contribution is -0.230. The highest BCUT2D eigenvalue weighted by molar-refractivity contribution is 5.93. The molecular formula is C25H43NO4.